The molecule has 0 atom stereocenters. The second-order valence-electron chi connectivity index (χ2n) is 8.43. The highest BCUT2D eigenvalue weighted by Crippen LogP contribution is 2.30. The SMILES string of the molecule is O=C(c1c(F)ccc(NS(=O)(=O)Cc2cccc(F)c2)c1F)c1c[nH]c2ncc(-c3ccc(Cl)cc3)cc12. The van der Waals surface area contributed by atoms with Crippen molar-refractivity contribution in [3.63, 3.8) is 0 Å². The van der Waals surface area contributed by atoms with Gasteiger partial charge in [0.05, 0.1) is 17.0 Å². The number of nitrogens with one attached hydrogen (secondary N) is 2. The van der Waals surface area contributed by atoms with Gasteiger partial charge in [-0.15, -0.1) is 0 Å². The quantitative estimate of drug-likeness (QED) is 0.225. The van der Waals surface area contributed by atoms with Gasteiger partial charge in [-0.1, -0.05) is 35.9 Å². The van der Waals surface area contributed by atoms with Crippen molar-refractivity contribution in [2.45, 2.75) is 5.75 Å². The Morgan fingerprint density at radius 1 is 0.974 bits per heavy atom. The zero-order valence-electron chi connectivity index (χ0n) is 19.3. The lowest BCUT2D eigenvalue weighted by atomic mass is 10.00. The number of fused-ring (bicyclic) bond motifs is 1. The molecule has 3 aromatic carbocycles. The summed E-state index contributed by atoms with van der Waals surface area (Å²) in [6.45, 7) is 0. The molecule has 0 spiro atoms. The topological polar surface area (TPSA) is 91.9 Å². The predicted octanol–water partition coefficient (Wildman–Crippen LogP) is 6.47. The van der Waals surface area contributed by atoms with Crippen molar-refractivity contribution in [3.8, 4) is 11.1 Å². The first kappa shape index (κ1) is 25.5. The summed E-state index contributed by atoms with van der Waals surface area (Å²) in [5.74, 6) is -4.85. The Labute approximate surface area is 220 Å². The Morgan fingerprint density at radius 3 is 2.47 bits per heavy atom. The third kappa shape index (κ3) is 5.13. The Morgan fingerprint density at radius 2 is 1.74 bits per heavy atom. The average molecular weight is 556 g/mol. The number of sulfonamides is 1. The van der Waals surface area contributed by atoms with Gasteiger partial charge in [-0.3, -0.25) is 9.52 Å². The van der Waals surface area contributed by atoms with Crippen molar-refractivity contribution in [2.24, 2.45) is 0 Å². The van der Waals surface area contributed by atoms with Crippen molar-refractivity contribution in [2.75, 3.05) is 4.72 Å². The zero-order chi connectivity index (χ0) is 27.0. The molecule has 6 nitrogen and oxygen atoms in total. The smallest absolute Gasteiger partial charge is 0.237 e. The standard InChI is InChI=1S/C27H17ClF3N3O3S/c28-18-6-4-16(5-7-18)17-11-20-21(13-33-27(20)32-12-17)26(35)24-22(30)8-9-23(25(24)31)34-38(36,37)14-15-2-1-3-19(29)10-15/h1-13,34H,14H2,(H,32,33). The molecule has 0 fully saturated rings. The van der Waals surface area contributed by atoms with Crippen LogP contribution in [0.2, 0.25) is 5.02 Å². The molecule has 0 bridgehead atoms. The van der Waals surface area contributed by atoms with E-state index in [1.54, 1.807) is 36.5 Å². The fraction of sp³-hybridized carbons (Fsp3) is 0.0370. The maximum Gasteiger partial charge on any atom is 0.237 e. The summed E-state index contributed by atoms with van der Waals surface area (Å²) < 4.78 is 70.8. The number of benzene rings is 3. The number of nitrogens with zero attached hydrogens (tertiary/aromatic N) is 1. The number of ketones is 1. The van der Waals surface area contributed by atoms with Gasteiger partial charge in [0.2, 0.25) is 15.8 Å². The van der Waals surface area contributed by atoms with Gasteiger partial charge >= 0.3 is 0 Å². The number of rotatable bonds is 7. The first-order valence-corrected chi connectivity index (χ1v) is 13.1. The molecule has 0 amide bonds. The summed E-state index contributed by atoms with van der Waals surface area (Å²) in [5, 5.41) is 0.857. The van der Waals surface area contributed by atoms with Crippen molar-refractivity contribution in [3.05, 3.63) is 118 Å². The molecule has 2 heterocycles. The van der Waals surface area contributed by atoms with E-state index in [-0.39, 0.29) is 11.1 Å². The first-order chi connectivity index (χ1) is 18.1. The second kappa shape index (κ2) is 9.96. The summed E-state index contributed by atoms with van der Waals surface area (Å²) in [7, 11) is -4.23. The zero-order valence-corrected chi connectivity index (χ0v) is 20.9. The van der Waals surface area contributed by atoms with Gasteiger partial charge in [-0.05, 0) is 53.6 Å². The van der Waals surface area contributed by atoms with Gasteiger partial charge in [0.1, 0.15) is 17.3 Å². The average Bonchev–Trinajstić information content (AvgIpc) is 3.29. The van der Waals surface area contributed by atoms with Gasteiger partial charge in [-0.25, -0.2) is 26.6 Å². The molecule has 11 heteroatoms. The number of pyridine rings is 1. The number of hydrogen-bond donors (Lipinski definition) is 2. The maximum absolute atomic E-state index is 15.4. The molecule has 38 heavy (non-hydrogen) atoms. The number of hydrogen-bond acceptors (Lipinski definition) is 4. The van der Waals surface area contributed by atoms with Crippen LogP contribution in [0.25, 0.3) is 22.2 Å². The van der Waals surface area contributed by atoms with Crippen LogP contribution in [0, 0.1) is 17.5 Å². The Bertz CT molecular complexity index is 1810. The minimum Gasteiger partial charge on any atom is -0.345 e. The minimum absolute atomic E-state index is 0.0547. The molecule has 0 saturated carbocycles. The molecule has 2 aromatic heterocycles. The molecule has 5 rings (SSSR count). The van der Waals surface area contributed by atoms with Crippen molar-refractivity contribution >= 4 is 44.1 Å². The number of aromatic nitrogens is 2. The van der Waals surface area contributed by atoms with E-state index in [1.807, 2.05) is 4.72 Å². The van der Waals surface area contributed by atoms with Crippen LogP contribution in [0.15, 0.2) is 79.1 Å². The summed E-state index contributed by atoms with van der Waals surface area (Å²) in [4.78, 5) is 20.4. The highest BCUT2D eigenvalue weighted by molar-refractivity contribution is 7.91. The maximum atomic E-state index is 15.4. The molecule has 0 radical (unpaired) electrons. The van der Waals surface area contributed by atoms with Gasteiger partial charge in [0, 0.05) is 33.9 Å². The first-order valence-electron chi connectivity index (χ1n) is 11.1. The van der Waals surface area contributed by atoms with E-state index in [9.17, 15) is 22.0 Å². The highest BCUT2D eigenvalue weighted by atomic mass is 35.5. The van der Waals surface area contributed by atoms with Crippen LogP contribution in [-0.2, 0) is 15.8 Å². The van der Waals surface area contributed by atoms with Crippen molar-refractivity contribution in [1.82, 2.24) is 9.97 Å². The monoisotopic (exact) mass is 555 g/mol. The van der Waals surface area contributed by atoms with Gasteiger partial charge < -0.3 is 4.98 Å². The normalized spacial score (nSPS) is 11.6. The van der Waals surface area contributed by atoms with E-state index in [4.69, 9.17) is 11.6 Å². The van der Waals surface area contributed by atoms with Crippen LogP contribution in [-0.4, -0.2) is 24.2 Å². The molecule has 0 saturated heterocycles. The van der Waals surface area contributed by atoms with E-state index in [1.165, 1.54) is 18.3 Å². The van der Waals surface area contributed by atoms with Crippen LogP contribution in [0.1, 0.15) is 21.5 Å². The molecule has 0 aliphatic rings. The molecular weight excluding hydrogens is 539 g/mol. The van der Waals surface area contributed by atoms with Crippen molar-refractivity contribution in [1.29, 1.82) is 0 Å². The van der Waals surface area contributed by atoms with E-state index >= 15 is 4.39 Å². The molecular formula is C27H17ClF3N3O3S. The summed E-state index contributed by atoms with van der Waals surface area (Å²) in [6, 6.07) is 15.1. The summed E-state index contributed by atoms with van der Waals surface area (Å²) >= 11 is 5.95. The largest absolute Gasteiger partial charge is 0.345 e. The van der Waals surface area contributed by atoms with Crippen LogP contribution >= 0.6 is 11.6 Å². The fourth-order valence-electron chi connectivity index (χ4n) is 4.02. The van der Waals surface area contributed by atoms with Crippen LogP contribution in [0.3, 0.4) is 0 Å². The third-order valence-corrected chi connectivity index (χ3v) is 7.28. The number of anilines is 1. The molecule has 0 aliphatic heterocycles. The number of H-pyrrole nitrogens is 1. The molecule has 0 unspecified atom stereocenters. The highest BCUT2D eigenvalue weighted by Gasteiger charge is 2.26. The number of carbonyl (C=O) groups excluding carboxylic acids is 1. The van der Waals surface area contributed by atoms with Crippen molar-refractivity contribution < 1.29 is 26.4 Å². The minimum atomic E-state index is -4.23. The lowest BCUT2D eigenvalue weighted by Crippen LogP contribution is -2.18. The molecule has 0 aliphatic carbocycles. The lowest BCUT2D eigenvalue weighted by molar-refractivity contribution is 0.103. The lowest BCUT2D eigenvalue weighted by Gasteiger charge is -2.12. The fourth-order valence-corrected chi connectivity index (χ4v) is 5.32. The van der Waals surface area contributed by atoms with E-state index in [0.717, 1.165) is 29.8 Å². The second-order valence-corrected chi connectivity index (χ2v) is 10.6. The van der Waals surface area contributed by atoms with Gasteiger partial charge in [-0.2, -0.15) is 0 Å². The predicted molar refractivity (Wildman–Crippen MR) is 139 cm³/mol. The molecule has 5 aromatic rings. The Balaban J connectivity index is 1.49. The van der Waals surface area contributed by atoms with Gasteiger partial charge in [0.15, 0.2) is 5.82 Å². The van der Waals surface area contributed by atoms with E-state index < -0.39 is 50.3 Å². The van der Waals surface area contributed by atoms with Crippen LogP contribution < -0.4 is 4.72 Å². The van der Waals surface area contributed by atoms with Crippen LogP contribution in [0.5, 0.6) is 0 Å². The summed E-state index contributed by atoms with van der Waals surface area (Å²) in [5.41, 5.74) is 0.233. The number of aromatic amines is 1. The van der Waals surface area contributed by atoms with E-state index in [0.29, 0.717) is 21.6 Å². The number of halogens is 4. The Kier molecular flexibility index (Phi) is 6.68. The molecule has 192 valence electrons. The van der Waals surface area contributed by atoms with Gasteiger partial charge in [0.25, 0.3) is 0 Å². The summed E-state index contributed by atoms with van der Waals surface area (Å²) in [6.07, 6.45) is 2.86. The number of carbonyl (C=O) groups is 1. The Hall–Kier alpha value is -4.15. The molecule has 2 N–H and O–H groups in total. The third-order valence-electron chi connectivity index (χ3n) is 5.78. The van der Waals surface area contributed by atoms with Crippen LogP contribution in [0.4, 0.5) is 18.9 Å². The van der Waals surface area contributed by atoms with E-state index in [2.05, 4.69) is 9.97 Å².